The largest absolute Gasteiger partial charge is 0.467 e. The minimum atomic E-state index is -3.67. The van der Waals surface area contributed by atoms with Gasteiger partial charge in [-0.25, -0.2) is 4.39 Å². The first-order valence-electron chi connectivity index (χ1n) is 8.36. The summed E-state index contributed by atoms with van der Waals surface area (Å²) in [5.41, 5.74) is 0.565. The molecule has 0 N–H and O–H groups in total. The Labute approximate surface area is 162 Å². The lowest BCUT2D eigenvalue weighted by Crippen LogP contribution is -2.30. The molecule has 3 rings (SSSR count). The van der Waals surface area contributed by atoms with Crippen molar-refractivity contribution in [2.24, 2.45) is 0 Å². The highest BCUT2D eigenvalue weighted by Crippen LogP contribution is 2.20. The number of benzene rings is 2. The second-order valence-electron chi connectivity index (χ2n) is 6.16. The molecule has 2 aromatic carbocycles. The second-order valence-corrected chi connectivity index (χ2v) is 7.73. The molecule has 1 heterocycles. The molecule has 0 saturated carbocycles. The van der Waals surface area contributed by atoms with E-state index in [0.29, 0.717) is 11.3 Å². The minimum Gasteiger partial charge on any atom is -0.467 e. The van der Waals surface area contributed by atoms with Crippen molar-refractivity contribution in [1.82, 2.24) is 4.90 Å². The van der Waals surface area contributed by atoms with Crippen LogP contribution in [-0.4, -0.2) is 25.5 Å². The zero-order valence-electron chi connectivity index (χ0n) is 15.0. The van der Waals surface area contributed by atoms with Crippen LogP contribution in [0.15, 0.2) is 71.3 Å². The maximum atomic E-state index is 14.1. The Balaban J connectivity index is 1.88. The van der Waals surface area contributed by atoms with Crippen molar-refractivity contribution in [1.29, 1.82) is 0 Å². The molecule has 0 radical (unpaired) electrons. The molecule has 0 fully saturated rings. The van der Waals surface area contributed by atoms with Gasteiger partial charge in [-0.1, -0.05) is 24.3 Å². The Morgan fingerprint density at radius 1 is 1.07 bits per heavy atom. The third-order valence-corrected chi connectivity index (χ3v) is 4.33. The van der Waals surface area contributed by atoms with E-state index in [1.807, 2.05) is 0 Å². The van der Waals surface area contributed by atoms with E-state index < -0.39 is 21.8 Å². The molecule has 3 aromatic rings. The van der Waals surface area contributed by atoms with Crippen molar-refractivity contribution in [2.45, 2.75) is 13.1 Å². The molecular weight excluding hydrogens is 385 g/mol. The van der Waals surface area contributed by atoms with E-state index in [2.05, 4.69) is 0 Å². The summed E-state index contributed by atoms with van der Waals surface area (Å²) in [5.74, 6) is -0.459. The van der Waals surface area contributed by atoms with Gasteiger partial charge >= 0.3 is 10.1 Å². The molecule has 146 valence electrons. The van der Waals surface area contributed by atoms with Gasteiger partial charge in [-0.2, -0.15) is 8.42 Å². The number of hydrogen-bond acceptors (Lipinski definition) is 5. The third-order valence-electron chi connectivity index (χ3n) is 3.84. The molecule has 8 heteroatoms. The molecule has 0 spiro atoms. The lowest BCUT2D eigenvalue weighted by atomic mass is 10.1. The van der Waals surface area contributed by atoms with Crippen LogP contribution in [0, 0.1) is 5.82 Å². The summed E-state index contributed by atoms with van der Waals surface area (Å²) in [6.07, 6.45) is 2.44. The smallest absolute Gasteiger partial charge is 0.306 e. The first kappa shape index (κ1) is 19.6. The van der Waals surface area contributed by atoms with Crippen LogP contribution < -0.4 is 4.18 Å². The highest BCUT2D eigenvalue weighted by atomic mass is 32.2. The highest BCUT2D eigenvalue weighted by molar-refractivity contribution is 7.86. The van der Waals surface area contributed by atoms with Crippen molar-refractivity contribution in [3.63, 3.8) is 0 Å². The van der Waals surface area contributed by atoms with Crippen LogP contribution in [0.5, 0.6) is 5.75 Å². The molecule has 0 unspecified atom stereocenters. The predicted molar refractivity (Wildman–Crippen MR) is 101 cm³/mol. The maximum absolute atomic E-state index is 14.1. The highest BCUT2D eigenvalue weighted by Gasteiger charge is 2.21. The number of carbonyl (C=O) groups is 1. The van der Waals surface area contributed by atoms with Crippen molar-refractivity contribution in [3.05, 3.63) is 89.6 Å². The van der Waals surface area contributed by atoms with E-state index in [4.69, 9.17) is 8.60 Å². The van der Waals surface area contributed by atoms with Gasteiger partial charge in [0.2, 0.25) is 0 Å². The van der Waals surface area contributed by atoms with Gasteiger partial charge in [0.05, 0.1) is 24.6 Å². The topological polar surface area (TPSA) is 76.8 Å². The van der Waals surface area contributed by atoms with Crippen LogP contribution in [0.25, 0.3) is 0 Å². The van der Waals surface area contributed by atoms with Gasteiger partial charge in [0.15, 0.2) is 0 Å². The molecule has 6 nitrogen and oxygen atoms in total. The number of halogens is 1. The monoisotopic (exact) mass is 403 g/mol. The summed E-state index contributed by atoms with van der Waals surface area (Å²) in [5, 5.41) is 0. The molecule has 0 aliphatic heterocycles. The molecule has 0 aliphatic rings. The summed E-state index contributed by atoms with van der Waals surface area (Å²) in [4.78, 5) is 14.3. The van der Waals surface area contributed by atoms with Crippen molar-refractivity contribution in [2.75, 3.05) is 6.26 Å². The number of amides is 1. The molecule has 0 atom stereocenters. The van der Waals surface area contributed by atoms with E-state index in [0.717, 1.165) is 6.26 Å². The Kier molecular flexibility index (Phi) is 5.79. The van der Waals surface area contributed by atoms with E-state index in [1.165, 1.54) is 41.5 Å². The van der Waals surface area contributed by atoms with Crippen LogP contribution in [-0.2, 0) is 23.2 Å². The zero-order valence-corrected chi connectivity index (χ0v) is 15.9. The van der Waals surface area contributed by atoms with E-state index >= 15 is 0 Å². The van der Waals surface area contributed by atoms with Crippen molar-refractivity contribution >= 4 is 16.0 Å². The van der Waals surface area contributed by atoms with Crippen LogP contribution in [0.4, 0.5) is 4.39 Å². The lowest BCUT2D eigenvalue weighted by Gasteiger charge is -2.22. The average Bonchev–Trinajstić information content (AvgIpc) is 3.13. The first-order chi connectivity index (χ1) is 13.3. The Morgan fingerprint density at radius 3 is 2.54 bits per heavy atom. The molecule has 28 heavy (non-hydrogen) atoms. The van der Waals surface area contributed by atoms with Crippen LogP contribution >= 0.6 is 0 Å². The number of carbonyl (C=O) groups excluding carboxylic acids is 1. The van der Waals surface area contributed by atoms with Crippen LogP contribution in [0.2, 0.25) is 0 Å². The molecule has 1 aromatic heterocycles. The number of furan rings is 1. The minimum absolute atomic E-state index is 0.0578. The maximum Gasteiger partial charge on any atom is 0.306 e. The first-order valence-corrected chi connectivity index (χ1v) is 10.2. The van der Waals surface area contributed by atoms with Gasteiger partial charge in [0.1, 0.15) is 17.3 Å². The van der Waals surface area contributed by atoms with Gasteiger partial charge in [-0.15, -0.1) is 0 Å². The van der Waals surface area contributed by atoms with E-state index in [1.54, 1.807) is 30.3 Å². The summed E-state index contributed by atoms with van der Waals surface area (Å²) in [6, 6.07) is 15.5. The standard InChI is InChI=1S/C20H18FNO5S/c1-28(24,25)27-16-7-4-6-15(12-16)13-22(14-17-8-5-11-26-17)20(23)18-9-2-3-10-19(18)21/h2-12H,13-14H2,1H3. The number of rotatable bonds is 7. The predicted octanol–water partition coefficient (Wildman–Crippen LogP) is 3.60. The number of hydrogen-bond donors (Lipinski definition) is 0. The van der Waals surface area contributed by atoms with Gasteiger partial charge in [0, 0.05) is 6.54 Å². The third kappa shape index (κ3) is 5.20. The van der Waals surface area contributed by atoms with Gasteiger partial charge in [-0.05, 0) is 42.0 Å². The lowest BCUT2D eigenvalue weighted by molar-refractivity contribution is 0.0712. The summed E-state index contributed by atoms with van der Waals surface area (Å²) in [6.45, 7) is 0.228. The Bertz CT molecular complexity index is 1060. The fourth-order valence-corrected chi connectivity index (χ4v) is 3.14. The zero-order chi connectivity index (χ0) is 20.1. The fraction of sp³-hybridized carbons (Fsp3) is 0.150. The summed E-state index contributed by atoms with van der Waals surface area (Å²) in [7, 11) is -3.67. The van der Waals surface area contributed by atoms with Crippen LogP contribution in [0.1, 0.15) is 21.7 Å². The molecular formula is C20H18FNO5S. The van der Waals surface area contributed by atoms with Gasteiger partial charge in [-0.3, -0.25) is 4.79 Å². The summed E-state index contributed by atoms with van der Waals surface area (Å²) < 4.78 is 47.0. The molecule has 1 amide bonds. The van der Waals surface area contributed by atoms with E-state index in [-0.39, 0.29) is 24.4 Å². The van der Waals surface area contributed by atoms with E-state index in [9.17, 15) is 17.6 Å². The summed E-state index contributed by atoms with van der Waals surface area (Å²) >= 11 is 0. The Morgan fingerprint density at radius 2 is 1.86 bits per heavy atom. The second kappa shape index (κ2) is 8.26. The Hall–Kier alpha value is -3.13. The quantitative estimate of drug-likeness (QED) is 0.564. The molecule has 0 saturated heterocycles. The SMILES string of the molecule is CS(=O)(=O)Oc1cccc(CN(Cc2ccco2)C(=O)c2ccccc2F)c1. The van der Waals surface area contributed by atoms with Crippen LogP contribution in [0.3, 0.4) is 0 Å². The fourth-order valence-electron chi connectivity index (χ4n) is 2.69. The molecule has 0 aliphatic carbocycles. The molecule has 0 bridgehead atoms. The normalized spacial score (nSPS) is 11.2. The average molecular weight is 403 g/mol. The van der Waals surface area contributed by atoms with Gasteiger partial charge < -0.3 is 13.5 Å². The van der Waals surface area contributed by atoms with Crippen molar-refractivity contribution < 1.29 is 26.2 Å². The van der Waals surface area contributed by atoms with Gasteiger partial charge in [0.25, 0.3) is 5.91 Å². The van der Waals surface area contributed by atoms with Crippen molar-refractivity contribution in [3.8, 4) is 5.75 Å². The number of nitrogens with zero attached hydrogens (tertiary/aromatic N) is 1.